The molecule has 1 aliphatic rings. The molecule has 2 aromatic rings. The molecule has 0 atom stereocenters. The van der Waals surface area contributed by atoms with E-state index in [1.165, 1.54) is 0 Å². The van der Waals surface area contributed by atoms with Gasteiger partial charge >= 0.3 is 7.12 Å². The molecule has 3 rings (SSSR count). The summed E-state index contributed by atoms with van der Waals surface area (Å²) in [6, 6.07) is 3.72. The van der Waals surface area contributed by atoms with Gasteiger partial charge in [0.05, 0.1) is 16.9 Å². The van der Waals surface area contributed by atoms with Gasteiger partial charge in [-0.3, -0.25) is 0 Å². The Bertz CT molecular complexity index is 681. The molecule has 0 saturated carbocycles. The molecular weight excluding hydrogens is 279 g/mol. The molecule has 0 aromatic carbocycles. The lowest BCUT2D eigenvalue weighted by molar-refractivity contribution is 0.00578. The molecule has 0 spiro atoms. The van der Waals surface area contributed by atoms with Crippen molar-refractivity contribution in [2.45, 2.75) is 52.7 Å². The van der Waals surface area contributed by atoms with Crippen LogP contribution in [0, 0.1) is 13.8 Å². The minimum absolute atomic E-state index is 0.370. The van der Waals surface area contributed by atoms with Crippen molar-refractivity contribution in [1.29, 1.82) is 0 Å². The molecule has 0 bridgehead atoms. The van der Waals surface area contributed by atoms with Gasteiger partial charge in [0, 0.05) is 17.4 Å². The first-order valence-corrected chi connectivity index (χ1v) is 7.43. The van der Waals surface area contributed by atoms with Crippen LogP contribution in [-0.4, -0.2) is 38.3 Å². The van der Waals surface area contributed by atoms with Crippen molar-refractivity contribution in [2.75, 3.05) is 0 Å². The Morgan fingerprint density at radius 1 is 1.09 bits per heavy atom. The second-order valence-corrected chi connectivity index (χ2v) is 6.67. The zero-order valence-corrected chi connectivity index (χ0v) is 13.9. The first-order valence-electron chi connectivity index (χ1n) is 7.43. The van der Waals surface area contributed by atoms with Crippen molar-refractivity contribution in [3.05, 3.63) is 29.7 Å². The maximum Gasteiger partial charge on any atom is 0.498 e. The molecule has 0 aliphatic carbocycles. The molecule has 0 unspecified atom stereocenters. The van der Waals surface area contributed by atoms with Crippen LogP contribution in [0.4, 0.5) is 0 Å². The van der Waals surface area contributed by atoms with Gasteiger partial charge in [0.1, 0.15) is 0 Å². The van der Waals surface area contributed by atoms with E-state index in [2.05, 4.69) is 15.3 Å². The zero-order chi connectivity index (χ0) is 16.1. The van der Waals surface area contributed by atoms with Crippen molar-refractivity contribution in [1.82, 2.24) is 20.0 Å². The quantitative estimate of drug-likeness (QED) is 0.788. The minimum Gasteiger partial charge on any atom is -0.399 e. The number of hydrogen-bond acceptors (Lipinski definition) is 5. The third-order valence-electron chi connectivity index (χ3n) is 4.61. The fraction of sp³-hybridized carbons (Fsp3) is 0.533. The van der Waals surface area contributed by atoms with Crippen LogP contribution in [0.5, 0.6) is 0 Å². The Hall–Kier alpha value is -1.73. The first kappa shape index (κ1) is 15.2. The van der Waals surface area contributed by atoms with Crippen LogP contribution in [-0.2, 0) is 9.31 Å². The molecule has 22 heavy (non-hydrogen) atoms. The fourth-order valence-corrected chi connectivity index (χ4v) is 2.59. The first-order chi connectivity index (χ1) is 10.2. The van der Waals surface area contributed by atoms with Gasteiger partial charge in [-0.05, 0) is 53.7 Å². The van der Waals surface area contributed by atoms with E-state index in [4.69, 9.17) is 9.31 Å². The van der Waals surface area contributed by atoms with Crippen LogP contribution in [0.1, 0.15) is 39.1 Å². The summed E-state index contributed by atoms with van der Waals surface area (Å²) >= 11 is 0. The van der Waals surface area contributed by atoms with Crippen molar-refractivity contribution < 1.29 is 9.31 Å². The summed E-state index contributed by atoms with van der Waals surface area (Å²) < 4.78 is 14.1. The molecule has 0 N–H and O–H groups in total. The van der Waals surface area contributed by atoms with Gasteiger partial charge in [-0.1, -0.05) is 0 Å². The van der Waals surface area contributed by atoms with Gasteiger partial charge < -0.3 is 9.31 Å². The number of rotatable bonds is 2. The molecule has 1 aliphatic heterocycles. The SMILES string of the molecule is Cc1nn(-c2cccnn2)c(C)c1B1OC(C)(C)C(C)(C)O1. The van der Waals surface area contributed by atoms with Gasteiger partial charge in [-0.2, -0.15) is 10.2 Å². The van der Waals surface area contributed by atoms with Crippen LogP contribution in [0.15, 0.2) is 18.3 Å². The lowest BCUT2D eigenvalue weighted by Gasteiger charge is -2.32. The Balaban J connectivity index is 2.02. The topological polar surface area (TPSA) is 62.1 Å². The van der Waals surface area contributed by atoms with Crippen LogP contribution in [0.25, 0.3) is 5.82 Å². The highest BCUT2D eigenvalue weighted by atomic mass is 16.7. The van der Waals surface area contributed by atoms with E-state index in [-0.39, 0.29) is 11.2 Å². The molecule has 0 radical (unpaired) electrons. The summed E-state index contributed by atoms with van der Waals surface area (Å²) in [7, 11) is -0.421. The summed E-state index contributed by atoms with van der Waals surface area (Å²) in [5, 5.41) is 12.6. The van der Waals surface area contributed by atoms with Crippen molar-refractivity contribution in [3.8, 4) is 5.82 Å². The number of hydrogen-bond donors (Lipinski definition) is 0. The van der Waals surface area contributed by atoms with E-state index >= 15 is 0 Å². The Morgan fingerprint density at radius 2 is 1.73 bits per heavy atom. The monoisotopic (exact) mass is 300 g/mol. The van der Waals surface area contributed by atoms with Gasteiger partial charge in [-0.15, -0.1) is 5.10 Å². The summed E-state index contributed by atoms with van der Waals surface area (Å²) in [6.45, 7) is 12.1. The predicted octanol–water partition coefficient (Wildman–Crippen LogP) is 1.58. The van der Waals surface area contributed by atoms with E-state index in [1.807, 2.05) is 53.7 Å². The molecule has 7 heteroatoms. The normalized spacial score (nSPS) is 19.6. The highest BCUT2D eigenvalue weighted by molar-refractivity contribution is 6.63. The molecular formula is C15H21BN4O2. The second-order valence-electron chi connectivity index (χ2n) is 6.67. The number of aryl methyl sites for hydroxylation is 1. The van der Waals surface area contributed by atoms with Crippen LogP contribution in [0.2, 0.25) is 0 Å². The maximum atomic E-state index is 6.15. The average Bonchev–Trinajstić information content (AvgIpc) is 2.84. The lowest BCUT2D eigenvalue weighted by atomic mass is 9.77. The third-order valence-corrected chi connectivity index (χ3v) is 4.61. The zero-order valence-electron chi connectivity index (χ0n) is 13.9. The van der Waals surface area contributed by atoms with Gasteiger partial charge in [0.2, 0.25) is 0 Å². The van der Waals surface area contributed by atoms with E-state index < -0.39 is 7.12 Å². The predicted molar refractivity (Wildman–Crippen MR) is 84.3 cm³/mol. The van der Waals surface area contributed by atoms with Gasteiger partial charge in [0.15, 0.2) is 5.82 Å². The lowest BCUT2D eigenvalue weighted by Crippen LogP contribution is -2.41. The number of aromatic nitrogens is 4. The van der Waals surface area contributed by atoms with E-state index in [1.54, 1.807) is 10.9 Å². The average molecular weight is 300 g/mol. The van der Waals surface area contributed by atoms with E-state index in [0.29, 0.717) is 5.82 Å². The van der Waals surface area contributed by atoms with E-state index in [0.717, 1.165) is 16.9 Å². The fourth-order valence-electron chi connectivity index (χ4n) is 2.59. The summed E-state index contributed by atoms with van der Waals surface area (Å²) in [6.07, 6.45) is 1.64. The standard InChI is InChI=1S/C15H21BN4O2/c1-10-13(16-21-14(3,4)15(5,6)22-16)11(2)20(19-10)12-8-7-9-17-18-12/h7-9H,1-6H3. The van der Waals surface area contributed by atoms with Gasteiger partial charge in [-0.25, -0.2) is 4.68 Å². The maximum absolute atomic E-state index is 6.15. The van der Waals surface area contributed by atoms with Crippen molar-refractivity contribution >= 4 is 12.6 Å². The largest absolute Gasteiger partial charge is 0.498 e. The van der Waals surface area contributed by atoms with Crippen LogP contribution < -0.4 is 5.46 Å². The van der Waals surface area contributed by atoms with Crippen molar-refractivity contribution in [2.24, 2.45) is 0 Å². The number of nitrogens with zero attached hydrogens (tertiary/aromatic N) is 4. The molecule has 6 nitrogen and oxygen atoms in total. The summed E-state index contributed by atoms with van der Waals surface area (Å²) in [5.41, 5.74) is 2.05. The third kappa shape index (κ3) is 2.25. The molecule has 0 amide bonds. The second kappa shape index (κ2) is 4.89. The Labute approximate surface area is 131 Å². The minimum atomic E-state index is -0.421. The molecule has 1 saturated heterocycles. The summed E-state index contributed by atoms with van der Waals surface area (Å²) in [4.78, 5) is 0. The molecule has 3 heterocycles. The smallest absolute Gasteiger partial charge is 0.399 e. The van der Waals surface area contributed by atoms with E-state index in [9.17, 15) is 0 Å². The Kier molecular flexibility index (Phi) is 3.38. The molecule has 116 valence electrons. The summed E-state index contributed by atoms with van der Waals surface area (Å²) in [5.74, 6) is 0.686. The van der Waals surface area contributed by atoms with Crippen molar-refractivity contribution in [3.63, 3.8) is 0 Å². The highest BCUT2D eigenvalue weighted by Crippen LogP contribution is 2.36. The Morgan fingerprint density at radius 3 is 2.27 bits per heavy atom. The van der Waals surface area contributed by atoms with Crippen LogP contribution >= 0.6 is 0 Å². The molecule has 2 aromatic heterocycles. The van der Waals surface area contributed by atoms with Crippen LogP contribution in [0.3, 0.4) is 0 Å². The highest BCUT2D eigenvalue weighted by Gasteiger charge is 2.53. The van der Waals surface area contributed by atoms with Gasteiger partial charge in [0.25, 0.3) is 0 Å². The molecule has 1 fully saturated rings.